The van der Waals surface area contributed by atoms with E-state index in [0.29, 0.717) is 5.92 Å². The topological polar surface area (TPSA) is 46.2 Å². The molecule has 0 aliphatic heterocycles. The van der Waals surface area contributed by atoms with E-state index in [1.165, 1.54) is 6.42 Å². The zero-order valence-corrected chi connectivity index (χ0v) is 13.3. The van der Waals surface area contributed by atoms with Gasteiger partial charge in [0.2, 0.25) is 0 Å². The number of hydrogen-bond donors (Lipinski definition) is 2. The highest BCUT2D eigenvalue weighted by Gasteiger charge is 2.30. The van der Waals surface area contributed by atoms with Crippen LogP contribution in [0.15, 0.2) is 27.1 Å². The van der Waals surface area contributed by atoms with Gasteiger partial charge in [-0.15, -0.1) is 12.4 Å². The fraction of sp³-hybridized carbons (Fsp3) is 0.500. The normalized spacial score (nSPS) is 19.1. The number of benzene rings is 1. The second-order valence-electron chi connectivity index (χ2n) is 4.38. The summed E-state index contributed by atoms with van der Waals surface area (Å²) in [5.74, 6) is 0.387. The lowest BCUT2D eigenvalue weighted by Crippen LogP contribution is -2.36. The molecule has 17 heavy (non-hydrogen) atoms. The van der Waals surface area contributed by atoms with Crippen molar-refractivity contribution in [1.82, 2.24) is 0 Å². The van der Waals surface area contributed by atoms with Crippen molar-refractivity contribution in [1.29, 1.82) is 0 Å². The molecule has 2 nitrogen and oxygen atoms in total. The van der Waals surface area contributed by atoms with E-state index in [1.54, 1.807) is 0 Å². The molecule has 0 unspecified atom stereocenters. The highest BCUT2D eigenvalue weighted by molar-refractivity contribution is 9.13. The predicted octanol–water partition coefficient (Wildman–Crippen LogP) is 3.79. The van der Waals surface area contributed by atoms with Crippen LogP contribution < -0.4 is 5.73 Å². The molecule has 1 fully saturated rings. The largest absolute Gasteiger partial charge is 0.391 e. The Balaban J connectivity index is 0.00000144. The van der Waals surface area contributed by atoms with Gasteiger partial charge in [-0.2, -0.15) is 0 Å². The summed E-state index contributed by atoms with van der Waals surface area (Å²) in [7, 11) is 0. The summed E-state index contributed by atoms with van der Waals surface area (Å²) >= 11 is 6.87. The van der Waals surface area contributed by atoms with Gasteiger partial charge in [0.05, 0.1) is 12.1 Å². The molecule has 1 aliphatic rings. The van der Waals surface area contributed by atoms with Crippen molar-refractivity contribution < 1.29 is 5.11 Å². The van der Waals surface area contributed by atoms with Crippen molar-refractivity contribution >= 4 is 44.3 Å². The fourth-order valence-electron chi connectivity index (χ4n) is 1.99. The monoisotopic (exact) mass is 383 g/mol. The smallest absolute Gasteiger partial charge is 0.0760 e. The van der Waals surface area contributed by atoms with E-state index >= 15 is 0 Å². The summed E-state index contributed by atoms with van der Waals surface area (Å²) in [5.41, 5.74) is 7.06. The standard InChI is InChI=1S/C12H15Br2NO.ClH/c13-9-5-4-8(6-10(9)14)11(15)12(16)7-2-1-3-7;/h4-7,11-12,16H,1-3,15H2;1H/t11-,12+;/m0./s1. The second-order valence-corrected chi connectivity index (χ2v) is 6.09. The highest BCUT2D eigenvalue weighted by atomic mass is 79.9. The highest BCUT2D eigenvalue weighted by Crippen LogP contribution is 2.35. The number of hydrogen-bond acceptors (Lipinski definition) is 2. The third-order valence-corrected chi connectivity index (χ3v) is 5.21. The molecular weight excluding hydrogens is 369 g/mol. The summed E-state index contributed by atoms with van der Waals surface area (Å²) in [6.45, 7) is 0. The number of aliphatic hydroxyl groups is 1. The molecular formula is C12H16Br2ClNO. The summed E-state index contributed by atoms with van der Waals surface area (Å²) in [4.78, 5) is 0. The summed E-state index contributed by atoms with van der Waals surface area (Å²) < 4.78 is 1.97. The molecule has 1 aliphatic carbocycles. The number of rotatable bonds is 3. The number of halogens is 3. The van der Waals surface area contributed by atoms with Gasteiger partial charge in [-0.05, 0) is 68.3 Å². The Hall–Kier alpha value is 0.390. The predicted molar refractivity (Wildman–Crippen MR) is 79.4 cm³/mol. The maximum Gasteiger partial charge on any atom is 0.0760 e. The lowest BCUT2D eigenvalue weighted by molar-refractivity contribution is 0.0413. The van der Waals surface area contributed by atoms with Gasteiger partial charge in [0.15, 0.2) is 0 Å². The van der Waals surface area contributed by atoms with E-state index in [4.69, 9.17) is 5.73 Å². The van der Waals surface area contributed by atoms with Crippen LogP contribution in [0.2, 0.25) is 0 Å². The Morgan fingerprint density at radius 2 is 1.88 bits per heavy atom. The van der Waals surface area contributed by atoms with Crippen LogP contribution in [-0.4, -0.2) is 11.2 Å². The van der Waals surface area contributed by atoms with Crippen LogP contribution in [0.25, 0.3) is 0 Å². The van der Waals surface area contributed by atoms with Gasteiger partial charge >= 0.3 is 0 Å². The number of nitrogens with two attached hydrogens (primary N) is 1. The van der Waals surface area contributed by atoms with Crippen molar-refractivity contribution in [3.8, 4) is 0 Å². The van der Waals surface area contributed by atoms with Gasteiger partial charge < -0.3 is 10.8 Å². The van der Waals surface area contributed by atoms with Gasteiger partial charge in [0.25, 0.3) is 0 Å². The minimum atomic E-state index is -0.415. The number of aliphatic hydroxyl groups excluding tert-OH is 1. The van der Waals surface area contributed by atoms with Gasteiger partial charge in [-0.3, -0.25) is 0 Å². The zero-order chi connectivity index (χ0) is 11.7. The summed E-state index contributed by atoms with van der Waals surface area (Å²) in [6, 6.07) is 5.60. The van der Waals surface area contributed by atoms with Crippen LogP contribution in [0.4, 0.5) is 0 Å². The van der Waals surface area contributed by atoms with Crippen molar-refractivity contribution in [2.45, 2.75) is 31.4 Å². The van der Waals surface area contributed by atoms with Gasteiger partial charge in [0, 0.05) is 8.95 Å². The van der Waals surface area contributed by atoms with E-state index in [1.807, 2.05) is 18.2 Å². The molecule has 0 spiro atoms. The Morgan fingerprint density at radius 1 is 1.24 bits per heavy atom. The molecule has 0 heterocycles. The molecule has 3 N–H and O–H groups in total. The maximum atomic E-state index is 10.1. The van der Waals surface area contributed by atoms with Crippen molar-refractivity contribution in [3.05, 3.63) is 32.7 Å². The van der Waals surface area contributed by atoms with E-state index < -0.39 is 6.10 Å². The molecule has 1 aromatic rings. The molecule has 0 aromatic heterocycles. The Bertz CT molecular complexity index is 385. The second kappa shape index (κ2) is 6.53. The van der Waals surface area contributed by atoms with Crippen molar-refractivity contribution in [2.24, 2.45) is 11.7 Å². The molecule has 1 saturated carbocycles. The van der Waals surface area contributed by atoms with Crippen LogP contribution in [-0.2, 0) is 0 Å². The lowest BCUT2D eigenvalue weighted by atomic mass is 9.77. The third-order valence-electron chi connectivity index (χ3n) is 3.33. The molecule has 2 atom stereocenters. The van der Waals surface area contributed by atoms with Crippen LogP contribution in [0.1, 0.15) is 30.9 Å². The van der Waals surface area contributed by atoms with Crippen LogP contribution >= 0.6 is 44.3 Å². The lowest BCUT2D eigenvalue weighted by Gasteiger charge is -2.33. The molecule has 1 aromatic carbocycles. The minimum absolute atomic E-state index is 0. The van der Waals surface area contributed by atoms with Gasteiger partial charge in [-0.25, -0.2) is 0 Å². The van der Waals surface area contributed by atoms with Gasteiger partial charge in [0.1, 0.15) is 0 Å². The maximum absolute atomic E-state index is 10.1. The third kappa shape index (κ3) is 3.44. The first kappa shape index (κ1) is 15.4. The van der Waals surface area contributed by atoms with E-state index in [2.05, 4.69) is 31.9 Å². The van der Waals surface area contributed by atoms with E-state index in [-0.39, 0.29) is 18.4 Å². The Labute approximate surface area is 125 Å². The first-order chi connectivity index (χ1) is 7.59. The fourth-order valence-corrected chi connectivity index (χ4v) is 2.63. The molecule has 0 saturated heterocycles. The Morgan fingerprint density at radius 3 is 2.35 bits per heavy atom. The van der Waals surface area contributed by atoms with E-state index in [0.717, 1.165) is 27.4 Å². The molecule has 5 heteroatoms. The minimum Gasteiger partial charge on any atom is -0.391 e. The van der Waals surface area contributed by atoms with Crippen molar-refractivity contribution in [3.63, 3.8) is 0 Å². The molecule has 2 rings (SSSR count). The summed E-state index contributed by atoms with van der Waals surface area (Å²) in [6.07, 6.45) is 3.01. The first-order valence-electron chi connectivity index (χ1n) is 5.48. The molecule has 96 valence electrons. The average Bonchev–Trinajstić information content (AvgIpc) is 2.18. The average molecular weight is 386 g/mol. The molecule has 0 bridgehead atoms. The first-order valence-corrected chi connectivity index (χ1v) is 7.07. The van der Waals surface area contributed by atoms with Gasteiger partial charge in [-0.1, -0.05) is 12.5 Å². The SMILES string of the molecule is Cl.N[C@@H](c1ccc(Br)c(Br)c1)[C@H](O)C1CCC1. The van der Waals surface area contributed by atoms with Crippen LogP contribution in [0.5, 0.6) is 0 Å². The zero-order valence-electron chi connectivity index (χ0n) is 9.27. The molecule has 0 amide bonds. The molecule has 0 radical (unpaired) electrons. The Kier molecular flexibility index (Phi) is 5.93. The van der Waals surface area contributed by atoms with Crippen LogP contribution in [0, 0.1) is 5.92 Å². The summed E-state index contributed by atoms with van der Waals surface area (Å²) in [5, 5.41) is 10.1. The van der Waals surface area contributed by atoms with Crippen molar-refractivity contribution in [2.75, 3.05) is 0 Å². The van der Waals surface area contributed by atoms with Crippen LogP contribution in [0.3, 0.4) is 0 Å². The quantitative estimate of drug-likeness (QED) is 0.831. The van der Waals surface area contributed by atoms with E-state index in [9.17, 15) is 5.11 Å².